The van der Waals surface area contributed by atoms with Gasteiger partial charge in [-0.15, -0.1) is 11.3 Å². The minimum absolute atomic E-state index is 0.215. The molecule has 0 spiro atoms. The van der Waals surface area contributed by atoms with E-state index < -0.39 is 5.97 Å². The van der Waals surface area contributed by atoms with Gasteiger partial charge in [-0.3, -0.25) is 0 Å². The van der Waals surface area contributed by atoms with Crippen LogP contribution >= 0.6 is 11.3 Å². The summed E-state index contributed by atoms with van der Waals surface area (Å²) >= 11 is 1.60. The summed E-state index contributed by atoms with van der Waals surface area (Å²) in [4.78, 5) is 22.5. The van der Waals surface area contributed by atoms with Crippen LogP contribution in [0, 0.1) is 19.7 Å². The Balaban J connectivity index is 1.74. The highest BCUT2D eigenvalue weighted by molar-refractivity contribution is 7.18. The molecule has 5 nitrogen and oxygen atoms in total. The summed E-state index contributed by atoms with van der Waals surface area (Å²) in [5.41, 5.74) is 3.02. The molecule has 0 radical (unpaired) electrons. The first-order chi connectivity index (χ1) is 13.9. The second kappa shape index (κ2) is 7.60. The number of benzene rings is 2. The topological polar surface area (TPSA) is 75.1 Å². The van der Waals surface area contributed by atoms with E-state index in [0.29, 0.717) is 18.2 Å². The van der Waals surface area contributed by atoms with Gasteiger partial charge >= 0.3 is 5.97 Å². The van der Waals surface area contributed by atoms with E-state index in [1.807, 2.05) is 13.8 Å². The van der Waals surface area contributed by atoms with Gasteiger partial charge in [0.25, 0.3) is 0 Å². The molecular formula is C22H18FN3O2S. The van der Waals surface area contributed by atoms with Gasteiger partial charge in [0.05, 0.1) is 10.9 Å². The van der Waals surface area contributed by atoms with Crippen molar-refractivity contribution in [2.75, 3.05) is 5.32 Å². The Hall–Kier alpha value is -3.32. The van der Waals surface area contributed by atoms with Crippen molar-refractivity contribution in [3.63, 3.8) is 0 Å². The SMILES string of the molecule is Cc1sc2nc(-c3ccc(C(=O)O)cc3)nc(NCc3ccc(F)cc3)c2c1C. The predicted octanol–water partition coefficient (Wildman–Crippen LogP) is 5.42. The molecule has 0 bridgehead atoms. The maximum absolute atomic E-state index is 13.2. The van der Waals surface area contributed by atoms with E-state index in [0.717, 1.165) is 31.8 Å². The lowest BCUT2D eigenvalue weighted by Crippen LogP contribution is -2.04. The molecule has 29 heavy (non-hydrogen) atoms. The molecule has 0 aliphatic carbocycles. The Morgan fingerprint density at radius 3 is 2.41 bits per heavy atom. The van der Waals surface area contributed by atoms with Gasteiger partial charge in [-0.25, -0.2) is 19.2 Å². The van der Waals surface area contributed by atoms with Crippen molar-refractivity contribution in [2.24, 2.45) is 0 Å². The number of hydrogen-bond donors (Lipinski definition) is 2. The smallest absolute Gasteiger partial charge is 0.335 e. The molecule has 2 heterocycles. The molecule has 0 unspecified atom stereocenters. The first-order valence-electron chi connectivity index (χ1n) is 9.02. The molecule has 0 aliphatic heterocycles. The summed E-state index contributed by atoms with van der Waals surface area (Å²) < 4.78 is 13.2. The van der Waals surface area contributed by atoms with Crippen LogP contribution in [0.3, 0.4) is 0 Å². The molecule has 0 saturated heterocycles. The Bertz CT molecular complexity index is 1200. The zero-order valence-corrected chi connectivity index (χ0v) is 16.7. The third kappa shape index (κ3) is 3.82. The van der Waals surface area contributed by atoms with Gasteiger partial charge in [0.2, 0.25) is 0 Å². The van der Waals surface area contributed by atoms with Gasteiger partial charge in [0.15, 0.2) is 5.82 Å². The number of halogens is 1. The lowest BCUT2D eigenvalue weighted by atomic mass is 10.1. The third-order valence-electron chi connectivity index (χ3n) is 4.79. The fourth-order valence-corrected chi connectivity index (χ4v) is 4.09. The number of carboxylic acids is 1. The molecule has 0 saturated carbocycles. The van der Waals surface area contributed by atoms with Gasteiger partial charge < -0.3 is 10.4 Å². The van der Waals surface area contributed by atoms with Crippen molar-refractivity contribution >= 4 is 33.3 Å². The second-order valence-corrected chi connectivity index (χ2v) is 7.92. The number of carboxylic acid groups (broad SMARTS) is 1. The Morgan fingerprint density at radius 2 is 1.76 bits per heavy atom. The second-order valence-electron chi connectivity index (χ2n) is 6.72. The van der Waals surface area contributed by atoms with Crippen molar-refractivity contribution in [1.82, 2.24) is 9.97 Å². The molecular weight excluding hydrogens is 389 g/mol. The standard InChI is InChI=1S/C22H18FN3O2S/c1-12-13(2)29-21-18(12)20(24-11-14-3-9-17(23)10-4-14)25-19(26-21)15-5-7-16(8-6-15)22(27)28/h3-10H,11H2,1-2H3,(H,27,28)(H,24,25,26). The van der Waals surface area contributed by atoms with Crippen molar-refractivity contribution in [2.45, 2.75) is 20.4 Å². The molecule has 2 N–H and O–H groups in total. The summed E-state index contributed by atoms with van der Waals surface area (Å²) in [6, 6.07) is 12.8. The van der Waals surface area contributed by atoms with E-state index >= 15 is 0 Å². The summed E-state index contributed by atoms with van der Waals surface area (Å²) in [6.45, 7) is 4.59. The molecule has 146 valence electrons. The number of aryl methyl sites for hydroxylation is 2. The number of hydrogen-bond acceptors (Lipinski definition) is 5. The highest BCUT2D eigenvalue weighted by atomic mass is 32.1. The van der Waals surface area contributed by atoms with Crippen LogP contribution in [-0.2, 0) is 6.54 Å². The van der Waals surface area contributed by atoms with Gasteiger partial charge in [0, 0.05) is 17.0 Å². The van der Waals surface area contributed by atoms with Crippen LogP contribution in [0.1, 0.15) is 26.4 Å². The molecule has 2 aromatic carbocycles. The molecule has 4 aromatic rings. The number of nitrogens with zero attached hydrogens (tertiary/aromatic N) is 2. The molecule has 0 aliphatic rings. The molecule has 0 fully saturated rings. The number of carbonyl (C=O) groups is 1. The summed E-state index contributed by atoms with van der Waals surface area (Å²) in [7, 11) is 0. The van der Waals surface area contributed by atoms with E-state index in [9.17, 15) is 9.18 Å². The highest BCUT2D eigenvalue weighted by Gasteiger charge is 2.16. The minimum atomic E-state index is -0.973. The number of aromatic nitrogens is 2. The zero-order valence-electron chi connectivity index (χ0n) is 15.9. The van der Waals surface area contributed by atoms with Crippen molar-refractivity contribution in [1.29, 1.82) is 0 Å². The third-order valence-corrected chi connectivity index (χ3v) is 5.89. The summed E-state index contributed by atoms with van der Waals surface area (Å²) in [6.07, 6.45) is 0. The quantitative estimate of drug-likeness (QED) is 0.462. The first-order valence-corrected chi connectivity index (χ1v) is 9.84. The predicted molar refractivity (Wildman–Crippen MR) is 113 cm³/mol. The van der Waals surface area contributed by atoms with E-state index in [4.69, 9.17) is 15.1 Å². The average Bonchev–Trinajstić information content (AvgIpc) is 3.01. The van der Waals surface area contributed by atoms with Crippen molar-refractivity contribution in [3.05, 3.63) is 75.9 Å². The fourth-order valence-electron chi connectivity index (χ4n) is 3.06. The minimum Gasteiger partial charge on any atom is -0.478 e. The van der Waals surface area contributed by atoms with Gasteiger partial charge in [-0.1, -0.05) is 24.3 Å². The fraction of sp³-hybridized carbons (Fsp3) is 0.136. The van der Waals surface area contributed by atoms with Crippen LogP contribution in [0.15, 0.2) is 48.5 Å². The van der Waals surface area contributed by atoms with E-state index in [1.165, 1.54) is 12.1 Å². The van der Waals surface area contributed by atoms with Crippen molar-refractivity contribution < 1.29 is 14.3 Å². The van der Waals surface area contributed by atoms with Gasteiger partial charge in [-0.2, -0.15) is 0 Å². The van der Waals surface area contributed by atoms with E-state index in [2.05, 4.69) is 5.32 Å². The average molecular weight is 407 g/mol. The van der Waals surface area contributed by atoms with Crippen LogP contribution < -0.4 is 5.32 Å². The lowest BCUT2D eigenvalue weighted by Gasteiger charge is -2.10. The van der Waals surface area contributed by atoms with Crippen LogP contribution in [0.5, 0.6) is 0 Å². The van der Waals surface area contributed by atoms with Crippen LogP contribution in [-0.4, -0.2) is 21.0 Å². The summed E-state index contributed by atoms with van der Waals surface area (Å²) in [5.74, 6) is -0.00978. The van der Waals surface area contributed by atoms with E-state index in [-0.39, 0.29) is 11.4 Å². The molecule has 2 aromatic heterocycles. The van der Waals surface area contributed by atoms with Gasteiger partial charge in [-0.05, 0) is 49.2 Å². The first kappa shape index (κ1) is 19.0. The maximum atomic E-state index is 13.2. The monoisotopic (exact) mass is 407 g/mol. The summed E-state index contributed by atoms with van der Waals surface area (Å²) in [5, 5.41) is 13.4. The number of aromatic carboxylic acids is 1. The zero-order chi connectivity index (χ0) is 20.5. The van der Waals surface area contributed by atoms with Crippen LogP contribution in [0.2, 0.25) is 0 Å². The van der Waals surface area contributed by atoms with Gasteiger partial charge in [0.1, 0.15) is 16.5 Å². The number of anilines is 1. The van der Waals surface area contributed by atoms with Crippen LogP contribution in [0.25, 0.3) is 21.6 Å². The Kier molecular flexibility index (Phi) is 4.98. The molecule has 0 atom stereocenters. The molecule has 4 rings (SSSR count). The number of nitrogens with one attached hydrogen (secondary N) is 1. The highest BCUT2D eigenvalue weighted by Crippen LogP contribution is 2.35. The maximum Gasteiger partial charge on any atom is 0.335 e. The molecule has 0 amide bonds. The van der Waals surface area contributed by atoms with E-state index in [1.54, 1.807) is 47.7 Å². The Labute approximate surface area is 170 Å². The largest absolute Gasteiger partial charge is 0.478 e. The number of thiophene rings is 1. The molecule has 7 heteroatoms. The van der Waals surface area contributed by atoms with Crippen LogP contribution in [0.4, 0.5) is 10.2 Å². The number of rotatable bonds is 5. The van der Waals surface area contributed by atoms with Crippen molar-refractivity contribution in [3.8, 4) is 11.4 Å². The Morgan fingerprint density at radius 1 is 1.07 bits per heavy atom. The number of fused-ring (bicyclic) bond motifs is 1. The normalized spacial score (nSPS) is 11.0. The lowest BCUT2D eigenvalue weighted by molar-refractivity contribution is 0.0697.